The SMILES string of the molecule is CCCC[C@@H]1OC(=O)c2ccccc21.CCCC[C@H]1OC(=O)c2ccccc21. The second-order valence-electron chi connectivity index (χ2n) is 7.25. The molecule has 0 aliphatic carbocycles. The van der Waals surface area contributed by atoms with E-state index < -0.39 is 0 Å². The van der Waals surface area contributed by atoms with Gasteiger partial charge in [0.25, 0.3) is 0 Å². The number of carbonyl (C=O) groups excluding carboxylic acids is 2. The summed E-state index contributed by atoms with van der Waals surface area (Å²) in [4.78, 5) is 22.8. The summed E-state index contributed by atoms with van der Waals surface area (Å²) in [6.07, 6.45) is 6.36. The number of rotatable bonds is 6. The highest BCUT2D eigenvalue weighted by Crippen LogP contribution is 2.34. The van der Waals surface area contributed by atoms with Gasteiger partial charge in [-0.25, -0.2) is 9.59 Å². The van der Waals surface area contributed by atoms with Crippen LogP contribution in [0.4, 0.5) is 0 Å². The van der Waals surface area contributed by atoms with E-state index in [1.165, 1.54) is 0 Å². The van der Waals surface area contributed by atoms with Crippen LogP contribution in [0, 0.1) is 0 Å². The molecule has 2 aromatic rings. The minimum Gasteiger partial charge on any atom is -0.454 e. The second kappa shape index (κ2) is 9.54. The first kappa shape index (κ1) is 20.1. The van der Waals surface area contributed by atoms with Crippen molar-refractivity contribution in [2.45, 2.75) is 64.6 Å². The van der Waals surface area contributed by atoms with Crippen molar-refractivity contribution in [1.82, 2.24) is 0 Å². The molecule has 2 aromatic carbocycles. The zero-order chi connectivity index (χ0) is 19.9. The Hall–Kier alpha value is -2.62. The van der Waals surface area contributed by atoms with Crippen molar-refractivity contribution in [3.8, 4) is 0 Å². The summed E-state index contributed by atoms with van der Waals surface area (Å²) in [5, 5.41) is 0. The molecule has 0 bridgehead atoms. The summed E-state index contributed by atoms with van der Waals surface area (Å²) >= 11 is 0. The van der Waals surface area contributed by atoms with E-state index in [9.17, 15) is 9.59 Å². The van der Waals surface area contributed by atoms with Gasteiger partial charge >= 0.3 is 11.9 Å². The molecule has 4 heteroatoms. The maximum Gasteiger partial charge on any atom is 0.339 e. The van der Waals surface area contributed by atoms with Gasteiger partial charge in [-0.1, -0.05) is 63.1 Å². The Labute approximate surface area is 166 Å². The molecular weight excluding hydrogens is 352 g/mol. The molecule has 4 nitrogen and oxygen atoms in total. The van der Waals surface area contributed by atoms with E-state index in [0.29, 0.717) is 0 Å². The van der Waals surface area contributed by atoms with E-state index in [0.717, 1.165) is 60.8 Å². The van der Waals surface area contributed by atoms with Crippen LogP contribution in [0.1, 0.15) is 96.4 Å². The maximum atomic E-state index is 11.4. The number of benzene rings is 2. The highest BCUT2D eigenvalue weighted by molar-refractivity contribution is 5.94. The molecular formula is C24H28O4. The average Bonchev–Trinajstić information content (AvgIpc) is 3.23. The van der Waals surface area contributed by atoms with E-state index in [1.807, 2.05) is 48.5 Å². The topological polar surface area (TPSA) is 52.6 Å². The van der Waals surface area contributed by atoms with Crippen LogP contribution in [-0.2, 0) is 9.47 Å². The van der Waals surface area contributed by atoms with Crippen LogP contribution in [0.15, 0.2) is 48.5 Å². The lowest BCUT2D eigenvalue weighted by Gasteiger charge is -2.08. The summed E-state index contributed by atoms with van der Waals surface area (Å²) in [6.45, 7) is 4.28. The second-order valence-corrected chi connectivity index (χ2v) is 7.25. The summed E-state index contributed by atoms with van der Waals surface area (Å²) < 4.78 is 10.6. The van der Waals surface area contributed by atoms with E-state index in [4.69, 9.17) is 9.47 Å². The zero-order valence-corrected chi connectivity index (χ0v) is 16.6. The van der Waals surface area contributed by atoms with Crippen molar-refractivity contribution in [1.29, 1.82) is 0 Å². The smallest absolute Gasteiger partial charge is 0.339 e. The number of ether oxygens (including phenoxy) is 2. The summed E-state index contributed by atoms with van der Waals surface area (Å²) in [7, 11) is 0. The number of hydrogen-bond acceptors (Lipinski definition) is 4. The molecule has 4 rings (SSSR count). The van der Waals surface area contributed by atoms with Crippen molar-refractivity contribution in [2.75, 3.05) is 0 Å². The van der Waals surface area contributed by atoms with Crippen molar-refractivity contribution in [2.24, 2.45) is 0 Å². The third kappa shape index (κ3) is 4.44. The molecule has 148 valence electrons. The lowest BCUT2D eigenvalue weighted by molar-refractivity contribution is 0.0355. The molecule has 0 saturated heterocycles. The standard InChI is InChI=1S/2C12H14O2/c2*1-2-3-8-11-9-6-4-5-7-10(9)12(13)14-11/h2*4-7,11H,2-3,8H2,1H3/t2*11-/m10/s1. The highest BCUT2D eigenvalue weighted by atomic mass is 16.6. The largest absolute Gasteiger partial charge is 0.454 e. The first-order valence-electron chi connectivity index (χ1n) is 10.3. The molecule has 2 aliphatic rings. The van der Waals surface area contributed by atoms with E-state index in [2.05, 4.69) is 13.8 Å². The van der Waals surface area contributed by atoms with Gasteiger partial charge in [0.1, 0.15) is 12.2 Å². The first-order chi connectivity index (χ1) is 13.7. The molecule has 0 unspecified atom stereocenters. The van der Waals surface area contributed by atoms with Gasteiger partial charge in [-0.2, -0.15) is 0 Å². The predicted octanol–water partition coefficient (Wildman–Crippen LogP) is 6.18. The number of unbranched alkanes of at least 4 members (excludes halogenated alkanes) is 2. The van der Waals surface area contributed by atoms with Gasteiger partial charge in [0.15, 0.2) is 0 Å². The Morgan fingerprint density at radius 2 is 1.07 bits per heavy atom. The maximum absolute atomic E-state index is 11.4. The van der Waals surface area contributed by atoms with Gasteiger partial charge in [0, 0.05) is 11.1 Å². The number of carbonyl (C=O) groups is 2. The molecule has 0 saturated carbocycles. The fraction of sp³-hybridized carbons (Fsp3) is 0.417. The van der Waals surface area contributed by atoms with Crippen LogP contribution < -0.4 is 0 Å². The van der Waals surface area contributed by atoms with Crippen LogP contribution in [-0.4, -0.2) is 11.9 Å². The minimum atomic E-state index is -0.165. The lowest BCUT2D eigenvalue weighted by Crippen LogP contribution is -1.98. The van der Waals surface area contributed by atoms with Gasteiger partial charge in [0.2, 0.25) is 0 Å². The van der Waals surface area contributed by atoms with Crippen molar-refractivity contribution >= 4 is 11.9 Å². The molecule has 0 radical (unpaired) electrons. The van der Waals surface area contributed by atoms with Crippen LogP contribution in [0.5, 0.6) is 0 Å². The van der Waals surface area contributed by atoms with Crippen molar-refractivity contribution in [3.63, 3.8) is 0 Å². The molecule has 0 fully saturated rings. The summed E-state index contributed by atoms with van der Waals surface area (Å²) in [6, 6.07) is 15.3. The normalized spacial score (nSPS) is 19.2. The van der Waals surface area contributed by atoms with Crippen LogP contribution in [0.2, 0.25) is 0 Å². The van der Waals surface area contributed by atoms with E-state index in [-0.39, 0.29) is 24.1 Å². The zero-order valence-electron chi connectivity index (χ0n) is 16.6. The van der Waals surface area contributed by atoms with Crippen LogP contribution >= 0.6 is 0 Å². The van der Waals surface area contributed by atoms with E-state index in [1.54, 1.807) is 0 Å². The summed E-state index contributed by atoms with van der Waals surface area (Å²) in [5.74, 6) is -0.330. The Balaban J connectivity index is 0.000000161. The number of fused-ring (bicyclic) bond motifs is 2. The highest BCUT2D eigenvalue weighted by Gasteiger charge is 2.30. The first-order valence-corrected chi connectivity index (χ1v) is 10.3. The van der Waals surface area contributed by atoms with Gasteiger partial charge in [-0.15, -0.1) is 0 Å². The quantitative estimate of drug-likeness (QED) is 0.562. The number of cyclic esters (lactones) is 2. The van der Waals surface area contributed by atoms with Gasteiger partial charge in [0.05, 0.1) is 11.1 Å². The molecule has 2 heterocycles. The molecule has 0 aromatic heterocycles. The number of esters is 2. The van der Waals surface area contributed by atoms with Gasteiger partial charge in [-0.05, 0) is 37.8 Å². The molecule has 0 N–H and O–H groups in total. The Kier molecular flexibility index (Phi) is 6.85. The Morgan fingerprint density at radius 3 is 1.46 bits per heavy atom. The van der Waals surface area contributed by atoms with Crippen LogP contribution in [0.25, 0.3) is 0 Å². The van der Waals surface area contributed by atoms with Crippen molar-refractivity contribution < 1.29 is 19.1 Å². The van der Waals surface area contributed by atoms with Crippen LogP contribution in [0.3, 0.4) is 0 Å². The fourth-order valence-electron chi connectivity index (χ4n) is 3.65. The predicted molar refractivity (Wildman–Crippen MR) is 108 cm³/mol. The average molecular weight is 380 g/mol. The summed E-state index contributed by atoms with van der Waals surface area (Å²) in [5.41, 5.74) is 3.61. The third-order valence-corrected chi connectivity index (χ3v) is 5.19. The lowest BCUT2D eigenvalue weighted by atomic mass is 10.0. The monoisotopic (exact) mass is 380 g/mol. The molecule has 2 atom stereocenters. The van der Waals surface area contributed by atoms with Crippen molar-refractivity contribution in [3.05, 3.63) is 70.8 Å². The minimum absolute atomic E-state index is 0.00125. The van der Waals surface area contributed by atoms with E-state index >= 15 is 0 Å². The number of hydrogen-bond donors (Lipinski definition) is 0. The third-order valence-electron chi connectivity index (χ3n) is 5.19. The van der Waals surface area contributed by atoms with Gasteiger partial charge < -0.3 is 9.47 Å². The van der Waals surface area contributed by atoms with Gasteiger partial charge in [-0.3, -0.25) is 0 Å². The molecule has 0 amide bonds. The molecule has 0 spiro atoms. The Bertz CT molecular complexity index is 757. The fourth-order valence-corrected chi connectivity index (χ4v) is 3.65. The Morgan fingerprint density at radius 1 is 0.679 bits per heavy atom. The molecule has 28 heavy (non-hydrogen) atoms. The molecule has 2 aliphatic heterocycles.